The Hall–Kier alpha value is -3.31. The van der Waals surface area contributed by atoms with Crippen LogP contribution in [0.25, 0.3) is 0 Å². The third kappa shape index (κ3) is 5.39. The van der Waals surface area contributed by atoms with Crippen LogP contribution in [0.2, 0.25) is 5.02 Å². The molecule has 3 rings (SSSR count). The van der Waals surface area contributed by atoms with Gasteiger partial charge in [-0.05, 0) is 74.5 Å². The van der Waals surface area contributed by atoms with Crippen molar-refractivity contribution < 1.29 is 19.1 Å². The summed E-state index contributed by atoms with van der Waals surface area (Å²) in [7, 11) is 1.70. The lowest BCUT2D eigenvalue weighted by atomic mass is 10.1. The predicted molar refractivity (Wildman–Crippen MR) is 118 cm³/mol. The van der Waals surface area contributed by atoms with Crippen LogP contribution >= 0.6 is 11.6 Å². The van der Waals surface area contributed by atoms with Gasteiger partial charge in [-0.15, -0.1) is 0 Å². The minimum Gasteiger partial charge on any atom is -0.479 e. The summed E-state index contributed by atoms with van der Waals surface area (Å²) >= 11 is 5.84. The number of hydrogen-bond acceptors (Lipinski definition) is 4. The van der Waals surface area contributed by atoms with Gasteiger partial charge in [0.15, 0.2) is 6.10 Å². The van der Waals surface area contributed by atoms with Crippen molar-refractivity contribution in [1.82, 2.24) is 0 Å². The summed E-state index contributed by atoms with van der Waals surface area (Å²) in [6.45, 7) is 3.58. The second-order valence-corrected chi connectivity index (χ2v) is 7.30. The highest BCUT2D eigenvalue weighted by molar-refractivity contribution is 6.30. The number of esters is 1. The topological polar surface area (TPSA) is 55.8 Å². The third-order valence-electron chi connectivity index (χ3n) is 4.50. The predicted octanol–water partition coefficient (Wildman–Crippen LogP) is 5.30. The van der Waals surface area contributed by atoms with E-state index in [9.17, 15) is 9.59 Å². The first kappa shape index (κ1) is 21.4. The Labute approximate surface area is 180 Å². The normalized spacial score (nSPS) is 11.5. The summed E-state index contributed by atoms with van der Waals surface area (Å²) in [5, 5.41) is 0.587. The average Bonchev–Trinajstić information content (AvgIpc) is 2.75. The number of carbonyl (C=O) groups is 2. The lowest BCUT2D eigenvalue weighted by Crippen LogP contribution is -2.28. The molecule has 6 heteroatoms. The quantitative estimate of drug-likeness (QED) is 0.399. The van der Waals surface area contributed by atoms with E-state index in [1.165, 1.54) is 0 Å². The largest absolute Gasteiger partial charge is 0.479 e. The number of amides is 1. The number of rotatable bonds is 6. The van der Waals surface area contributed by atoms with Crippen LogP contribution in [0.5, 0.6) is 11.5 Å². The Morgan fingerprint density at radius 2 is 1.43 bits per heavy atom. The van der Waals surface area contributed by atoms with Crippen LogP contribution in [0.15, 0.2) is 72.8 Å². The van der Waals surface area contributed by atoms with Gasteiger partial charge in [-0.1, -0.05) is 29.3 Å². The molecule has 0 saturated heterocycles. The van der Waals surface area contributed by atoms with Crippen molar-refractivity contribution in [1.29, 1.82) is 0 Å². The molecule has 0 aromatic heterocycles. The minimum absolute atomic E-state index is 0.121. The van der Waals surface area contributed by atoms with E-state index in [1.807, 2.05) is 19.1 Å². The maximum Gasteiger partial charge on any atom is 0.352 e. The van der Waals surface area contributed by atoms with Crippen molar-refractivity contribution in [3.63, 3.8) is 0 Å². The summed E-state index contributed by atoms with van der Waals surface area (Å²) in [6.07, 6.45) is -0.795. The van der Waals surface area contributed by atoms with Gasteiger partial charge in [0.05, 0.1) is 0 Å². The van der Waals surface area contributed by atoms with Gasteiger partial charge in [0.25, 0.3) is 5.91 Å². The van der Waals surface area contributed by atoms with E-state index in [-0.39, 0.29) is 5.91 Å². The number of nitrogens with zero attached hydrogens (tertiary/aromatic N) is 1. The molecular weight excluding hydrogens is 402 g/mol. The minimum atomic E-state index is -0.795. The van der Waals surface area contributed by atoms with Crippen LogP contribution in [0.1, 0.15) is 22.8 Å². The molecule has 1 unspecified atom stereocenters. The van der Waals surface area contributed by atoms with E-state index in [1.54, 1.807) is 79.5 Å². The van der Waals surface area contributed by atoms with Crippen molar-refractivity contribution in [3.8, 4) is 11.5 Å². The number of hydrogen-bond donors (Lipinski definition) is 0. The van der Waals surface area contributed by atoms with Crippen LogP contribution in [-0.4, -0.2) is 25.0 Å². The summed E-state index contributed by atoms with van der Waals surface area (Å²) in [5.41, 5.74) is 2.38. The molecule has 3 aromatic carbocycles. The second kappa shape index (κ2) is 9.46. The Balaban J connectivity index is 1.60. The number of benzene rings is 3. The average molecular weight is 424 g/mol. The molecule has 30 heavy (non-hydrogen) atoms. The number of aryl methyl sites for hydroxylation is 1. The van der Waals surface area contributed by atoms with E-state index < -0.39 is 12.1 Å². The van der Waals surface area contributed by atoms with Crippen molar-refractivity contribution in [3.05, 3.63) is 88.9 Å². The van der Waals surface area contributed by atoms with Crippen molar-refractivity contribution in [2.75, 3.05) is 11.9 Å². The molecule has 1 atom stereocenters. The first-order valence-corrected chi connectivity index (χ1v) is 9.80. The molecule has 0 aliphatic carbocycles. The molecule has 0 N–H and O–H groups in total. The zero-order chi connectivity index (χ0) is 21.7. The monoisotopic (exact) mass is 423 g/mol. The Morgan fingerprint density at radius 3 is 2.03 bits per heavy atom. The summed E-state index contributed by atoms with van der Waals surface area (Å²) < 4.78 is 10.9. The SMILES string of the molecule is Cc1ccc(C(=O)N(C)c2ccc(OC(=O)C(C)Oc3ccc(Cl)cc3)cc2)cc1. The van der Waals surface area contributed by atoms with E-state index in [2.05, 4.69) is 0 Å². The van der Waals surface area contributed by atoms with E-state index in [0.29, 0.717) is 27.8 Å². The van der Waals surface area contributed by atoms with Gasteiger partial charge < -0.3 is 14.4 Å². The molecule has 0 spiro atoms. The lowest BCUT2D eigenvalue weighted by molar-refractivity contribution is -0.141. The number of halogens is 1. The van der Waals surface area contributed by atoms with E-state index in [0.717, 1.165) is 5.56 Å². The molecule has 0 aliphatic rings. The van der Waals surface area contributed by atoms with E-state index in [4.69, 9.17) is 21.1 Å². The highest BCUT2D eigenvalue weighted by atomic mass is 35.5. The lowest BCUT2D eigenvalue weighted by Gasteiger charge is -2.18. The van der Waals surface area contributed by atoms with Crippen LogP contribution < -0.4 is 14.4 Å². The maximum atomic E-state index is 12.6. The zero-order valence-electron chi connectivity index (χ0n) is 17.0. The second-order valence-electron chi connectivity index (χ2n) is 6.86. The summed E-state index contributed by atoms with van der Waals surface area (Å²) in [6, 6.07) is 20.8. The molecule has 1 amide bonds. The molecule has 3 aromatic rings. The molecule has 0 saturated carbocycles. The standard InChI is InChI=1S/C24H22ClNO4/c1-16-4-6-18(7-5-16)23(27)26(3)20-10-14-22(15-11-20)30-24(28)17(2)29-21-12-8-19(25)9-13-21/h4-15,17H,1-3H3. The van der Waals surface area contributed by atoms with Crippen LogP contribution in [0, 0.1) is 6.92 Å². The zero-order valence-corrected chi connectivity index (χ0v) is 17.7. The van der Waals surface area contributed by atoms with Gasteiger partial charge in [0.2, 0.25) is 0 Å². The fourth-order valence-electron chi connectivity index (χ4n) is 2.71. The summed E-state index contributed by atoms with van der Waals surface area (Å²) in [5.74, 6) is 0.244. The maximum absolute atomic E-state index is 12.6. The van der Waals surface area contributed by atoms with Crippen LogP contribution in [-0.2, 0) is 4.79 Å². The number of ether oxygens (including phenoxy) is 2. The number of anilines is 1. The molecule has 0 aliphatic heterocycles. The van der Waals surface area contributed by atoms with Crippen molar-refractivity contribution >= 4 is 29.2 Å². The molecule has 0 fully saturated rings. The summed E-state index contributed by atoms with van der Waals surface area (Å²) in [4.78, 5) is 26.4. The molecule has 0 radical (unpaired) electrons. The first-order valence-electron chi connectivity index (χ1n) is 9.42. The van der Waals surface area contributed by atoms with E-state index >= 15 is 0 Å². The van der Waals surface area contributed by atoms with Gasteiger partial charge in [0.1, 0.15) is 11.5 Å². The van der Waals surface area contributed by atoms with Gasteiger partial charge in [-0.2, -0.15) is 0 Å². The van der Waals surface area contributed by atoms with Crippen LogP contribution in [0.3, 0.4) is 0 Å². The molecule has 0 bridgehead atoms. The van der Waals surface area contributed by atoms with Gasteiger partial charge in [-0.25, -0.2) is 4.79 Å². The van der Waals surface area contributed by atoms with Crippen molar-refractivity contribution in [2.24, 2.45) is 0 Å². The number of carbonyl (C=O) groups excluding carboxylic acids is 2. The molecule has 5 nitrogen and oxygen atoms in total. The smallest absolute Gasteiger partial charge is 0.352 e. The Bertz CT molecular complexity index is 1010. The van der Waals surface area contributed by atoms with Crippen molar-refractivity contribution in [2.45, 2.75) is 20.0 Å². The van der Waals surface area contributed by atoms with Gasteiger partial charge >= 0.3 is 5.97 Å². The molecular formula is C24H22ClNO4. The molecule has 0 heterocycles. The first-order chi connectivity index (χ1) is 14.3. The Morgan fingerprint density at radius 1 is 0.867 bits per heavy atom. The fourth-order valence-corrected chi connectivity index (χ4v) is 2.84. The van der Waals surface area contributed by atoms with Gasteiger partial charge in [0, 0.05) is 23.3 Å². The van der Waals surface area contributed by atoms with Gasteiger partial charge in [-0.3, -0.25) is 4.79 Å². The van der Waals surface area contributed by atoms with Crippen LogP contribution in [0.4, 0.5) is 5.69 Å². The molecule has 154 valence electrons. The highest BCUT2D eigenvalue weighted by Crippen LogP contribution is 2.22. The Kier molecular flexibility index (Phi) is 6.75. The third-order valence-corrected chi connectivity index (χ3v) is 4.76. The highest BCUT2D eigenvalue weighted by Gasteiger charge is 2.18. The fraction of sp³-hybridized carbons (Fsp3) is 0.167.